The number of aryl methyl sites for hydroxylation is 1. The molecule has 0 aliphatic carbocycles. The van der Waals surface area contributed by atoms with Crippen LogP contribution in [0, 0.1) is 0 Å². The maximum Gasteiger partial charge on any atom is 0.303 e. The molecule has 0 radical (unpaired) electrons. The number of aromatic nitrogens is 3. The molecule has 1 aliphatic heterocycles. The number of nitrogens with zero attached hydrogens (tertiary/aromatic N) is 3. The number of hydrogen-bond acceptors (Lipinski definition) is 4. The molecule has 0 amide bonds. The van der Waals surface area contributed by atoms with E-state index in [1.54, 1.807) is 0 Å². The molecule has 6 nitrogen and oxygen atoms in total. The Bertz CT molecular complexity index is 344. The maximum atomic E-state index is 10.4. The monoisotopic (exact) mass is 210 g/mol. The van der Waals surface area contributed by atoms with E-state index >= 15 is 0 Å². The van der Waals surface area contributed by atoms with Gasteiger partial charge in [0.25, 0.3) is 0 Å². The molecule has 2 rings (SSSR count). The average Bonchev–Trinajstić information content (AvgIpc) is 2.85. The smallest absolute Gasteiger partial charge is 0.303 e. The van der Waals surface area contributed by atoms with E-state index < -0.39 is 5.97 Å². The molecule has 0 saturated carbocycles. The van der Waals surface area contributed by atoms with Crippen molar-refractivity contribution in [3.05, 3.63) is 5.82 Å². The topological polar surface area (TPSA) is 82.1 Å². The van der Waals surface area contributed by atoms with Crippen LogP contribution < -0.4 is 4.90 Å². The van der Waals surface area contributed by atoms with Crippen LogP contribution in [-0.4, -0.2) is 39.3 Å². The van der Waals surface area contributed by atoms with E-state index in [0.29, 0.717) is 18.2 Å². The Morgan fingerprint density at radius 1 is 1.47 bits per heavy atom. The number of hydrogen-bond donors (Lipinski definition) is 2. The van der Waals surface area contributed by atoms with Gasteiger partial charge >= 0.3 is 5.97 Å². The molecule has 1 aliphatic rings. The van der Waals surface area contributed by atoms with Crippen molar-refractivity contribution in [2.45, 2.75) is 25.7 Å². The summed E-state index contributed by atoms with van der Waals surface area (Å²) in [5, 5.41) is 15.4. The predicted molar refractivity (Wildman–Crippen MR) is 53.8 cm³/mol. The van der Waals surface area contributed by atoms with Crippen LogP contribution in [0.4, 0.5) is 5.95 Å². The van der Waals surface area contributed by atoms with Gasteiger partial charge < -0.3 is 10.0 Å². The number of H-pyrrole nitrogens is 1. The largest absolute Gasteiger partial charge is 0.481 e. The molecular formula is C9H14N4O2. The lowest BCUT2D eigenvalue weighted by atomic mass is 10.3. The summed E-state index contributed by atoms with van der Waals surface area (Å²) in [7, 11) is 0. The molecule has 2 N–H and O–H groups in total. The third-order valence-electron chi connectivity index (χ3n) is 2.48. The Morgan fingerprint density at radius 2 is 2.20 bits per heavy atom. The van der Waals surface area contributed by atoms with Crippen molar-refractivity contribution in [2.75, 3.05) is 18.0 Å². The summed E-state index contributed by atoms with van der Waals surface area (Å²) in [6, 6.07) is 0. The van der Waals surface area contributed by atoms with Crippen LogP contribution in [0.2, 0.25) is 0 Å². The number of carbonyl (C=O) groups is 1. The lowest BCUT2D eigenvalue weighted by Crippen LogP contribution is -2.18. The summed E-state index contributed by atoms with van der Waals surface area (Å²) in [5.41, 5.74) is 0. The van der Waals surface area contributed by atoms with Crippen molar-refractivity contribution in [2.24, 2.45) is 0 Å². The zero-order chi connectivity index (χ0) is 10.7. The first kappa shape index (κ1) is 9.95. The van der Waals surface area contributed by atoms with E-state index in [1.807, 2.05) is 0 Å². The first-order valence-corrected chi connectivity index (χ1v) is 5.14. The third-order valence-corrected chi connectivity index (χ3v) is 2.48. The number of anilines is 1. The van der Waals surface area contributed by atoms with Gasteiger partial charge in [-0.1, -0.05) is 0 Å². The second kappa shape index (κ2) is 4.29. The minimum atomic E-state index is -0.811. The minimum Gasteiger partial charge on any atom is -0.481 e. The highest BCUT2D eigenvalue weighted by atomic mass is 16.4. The Hall–Kier alpha value is -1.59. The van der Waals surface area contributed by atoms with Crippen molar-refractivity contribution >= 4 is 11.9 Å². The first-order chi connectivity index (χ1) is 7.25. The van der Waals surface area contributed by atoms with Crippen LogP contribution in [0.3, 0.4) is 0 Å². The fourth-order valence-corrected chi connectivity index (χ4v) is 1.68. The van der Waals surface area contributed by atoms with E-state index in [4.69, 9.17) is 5.11 Å². The van der Waals surface area contributed by atoms with Gasteiger partial charge in [-0.25, -0.2) is 0 Å². The van der Waals surface area contributed by atoms with E-state index in [1.165, 1.54) is 12.8 Å². The van der Waals surface area contributed by atoms with Crippen LogP contribution in [0.5, 0.6) is 0 Å². The number of nitrogens with one attached hydrogen (secondary N) is 1. The third kappa shape index (κ3) is 2.45. The number of aliphatic carboxylic acids is 1. The normalized spacial score (nSPS) is 15.9. The van der Waals surface area contributed by atoms with Crippen LogP contribution >= 0.6 is 0 Å². The molecule has 1 saturated heterocycles. The molecule has 6 heteroatoms. The van der Waals surface area contributed by atoms with Gasteiger partial charge in [0.05, 0.1) is 6.42 Å². The molecule has 0 bridgehead atoms. The van der Waals surface area contributed by atoms with Gasteiger partial charge in [0.1, 0.15) is 5.82 Å². The number of rotatable bonds is 4. The molecule has 0 unspecified atom stereocenters. The number of aromatic amines is 1. The van der Waals surface area contributed by atoms with Crippen molar-refractivity contribution in [1.82, 2.24) is 15.2 Å². The molecule has 1 aromatic rings. The highest BCUT2D eigenvalue weighted by Gasteiger charge is 2.16. The molecular weight excluding hydrogens is 196 g/mol. The highest BCUT2D eigenvalue weighted by molar-refractivity contribution is 5.66. The second-order valence-electron chi connectivity index (χ2n) is 3.67. The lowest BCUT2D eigenvalue weighted by molar-refractivity contribution is -0.137. The summed E-state index contributed by atoms with van der Waals surface area (Å²) in [6.07, 6.45) is 2.86. The molecule has 1 aromatic heterocycles. The van der Waals surface area contributed by atoms with Crippen molar-refractivity contribution < 1.29 is 9.90 Å². The first-order valence-electron chi connectivity index (χ1n) is 5.14. The molecule has 1 fully saturated rings. The van der Waals surface area contributed by atoms with Gasteiger partial charge in [0.2, 0.25) is 5.95 Å². The zero-order valence-corrected chi connectivity index (χ0v) is 8.44. The van der Waals surface area contributed by atoms with E-state index in [0.717, 1.165) is 13.1 Å². The fraction of sp³-hybridized carbons (Fsp3) is 0.667. The Kier molecular flexibility index (Phi) is 2.84. The van der Waals surface area contributed by atoms with Crippen LogP contribution in [0.15, 0.2) is 0 Å². The molecule has 82 valence electrons. The van der Waals surface area contributed by atoms with Crippen LogP contribution in [0.1, 0.15) is 25.1 Å². The summed E-state index contributed by atoms with van der Waals surface area (Å²) in [6.45, 7) is 1.99. The lowest BCUT2D eigenvalue weighted by Gasteiger charge is -2.10. The van der Waals surface area contributed by atoms with Crippen molar-refractivity contribution in [3.8, 4) is 0 Å². The number of carboxylic acids is 1. The summed E-state index contributed by atoms with van der Waals surface area (Å²) in [4.78, 5) is 16.7. The van der Waals surface area contributed by atoms with Gasteiger partial charge in [0.15, 0.2) is 0 Å². The second-order valence-corrected chi connectivity index (χ2v) is 3.67. The zero-order valence-electron chi connectivity index (χ0n) is 8.44. The quantitative estimate of drug-likeness (QED) is 0.752. The molecule has 0 aromatic carbocycles. The highest BCUT2D eigenvalue weighted by Crippen LogP contribution is 2.15. The Labute approximate surface area is 87.3 Å². The predicted octanol–water partition coefficient (Wildman–Crippen LogP) is 0.422. The average molecular weight is 210 g/mol. The van der Waals surface area contributed by atoms with Crippen LogP contribution in [0.25, 0.3) is 0 Å². The standard InChI is InChI=1S/C9H14N4O2/c14-8(15)4-3-7-10-9(12-11-7)13-5-1-2-6-13/h1-6H2,(H,14,15)(H,10,11,12). The van der Waals surface area contributed by atoms with Gasteiger partial charge in [-0.05, 0) is 12.8 Å². The summed E-state index contributed by atoms with van der Waals surface area (Å²) in [5.74, 6) is 0.543. The summed E-state index contributed by atoms with van der Waals surface area (Å²) >= 11 is 0. The molecule has 0 spiro atoms. The van der Waals surface area contributed by atoms with E-state index in [-0.39, 0.29) is 6.42 Å². The Morgan fingerprint density at radius 3 is 2.87 bits per heavy atom. The SMILES string of the molecule is O=C(O)CCc1nc(N2CCCC2)n[nH]1. The van der Waals surface area contributed by atoms with Gasteiger partial charge in [-0.2, -0.15) is 4.98 Å². The van der Waals surface area contributed by atoms with E-state index in [2.05, 4.69) is 20.1 Å². The minimum absolute atomic E-state index is 0.0919. The fourth-order valence-electron chi connectivity index (χ4n) is 1.68. The van der Waals surface area contributed by atoms with E-state index in [9.17, 15) is 4.79 Å². The molecule has 0 atom stereocenters. The maximum absolute atomic E-state index is 10.4. The van der Waals surface area contributed by atoms with Gasteiger partial charge in [0, 0.05) is 19.5 Å². The number of carboxylic acid groups (broad SMARTS) is 1. The van der Waals surface area contributed by atoms with Crippen molar-refractivity contribution in [3.63, 3.8) is 0 Å². The van der Waals surface area contributed by atoms with Crippen molar-refractivity contribution in [1.29, 1.82) is 0 Å². The molecule has 2 heterocycles. The van der Waals surface area contributed by atoms with Crippen LogP contribution in [-0.2, 0) is 11.2 Å². The van der Waals surface area contributed by atoms with Gasteiger partial charge in [-0.3, -0.25) is 9.89 Å². The molecule has 15 heavy (non-hydrogen) atoms. The summed E-state index contributed by atoms with van der Waals surface area (Å²) < 4.78 is 0. The van der Waals surface area contributed by atoms with Gasteiger partial charge in [-0.15, -0.1) is 5.10 Å². The Balaban J connectivity index is 1.94.